The second-order valence-electron chi connectivity index (χ2n) is 10.4. The smallest absolute Gasteiger partial charge is 0.163 e. The van der Waals surface area contributed by atoms with Gasteiger partial charge in [-0.15, -0.1) is 13.2 Å². The summed E-state index contributed by atoms with van der Waals surface area (Å²) in [6, 6.07) is 20.3. The van der Waals surface area contributed by atoms with Crippen LogP contribution in [0.1, 0.15) is 37.8 Å². The first-order valence-electron chi connectivity index (χ1n) is 13.8. The van der Waals surface area contributed by atoms with Crippen molar-refractivity contribution in [2.45, 2.75) is 82.3 Å². The molecule has 210 valence electrons. The highest BCUT2D eigenvalue weighted by Crippen LogP contribution is 2.30. The Morgan fingerprint density at radius 1 is 0.821 bits per heavy atom. The van der Waals surface area contributed by atoms with Gasteiger partial charge in [0.25, 0.3) is 0 Å². The second-order valence-corrected chi connectivity index (χ2v) is 10.4. The molecule has 0 saturated carbocycles. The zero-order valence-electron chi connectivity index (χ0n) is 23.2. The highest BCUT2D eigenvalue weighted by molar-refractivity contribution is 5.15. The molecule has 2 aromatic carbocycles. The molecular formula is C33H42O6. The first-order chi connectivity index (χ1) is 19.0. The predicted octanol–water partition coefficient (Wildman–Crippen LogP) is 6.17. The molecule has 2 aromatic rings. The van der Waals surface area contributed by atoms with Gasteiger partial charge in [0.1, 0.15) is 24.4 Å². The highest BCUT2D eigenvalue weighted by atomic mass is 16.7. The van der Waals surface area contributed by atoms with Gasteiger partial charge in [-0.1, -0.05) is 85.0 Å². The zero-order valence-corrected chi connectivity index (χ0v) is 23.2. The SMILES string of the molecule is C=CC[C@@H]1OC(C)(C)OC[C@@H]1O[C@H]1C=C[C@@H](OCc2ccccc2)[C@H](COCc2ccccc2)O[C@@H]1CC=C. The van der Waals surface area contributed by atoms with Gasteiger partial charge in [0.2, 0.25) is 0 Å². The fraction of sp³-hybridized carbons (Fsp3) is 0.455. The van der Waals surface area contributed by atoms with Crippen molar-refractivity contribution in [3.63, 3.8) is 0 Å². The van der Waals surface area contributed by atoms with Crippen LogP contribution in [-0.4, -0.2) is 55.6 Å². The lowest BCUT2D eigenvalue weighted by atomic mass is 10.1. The van der Waals surface area contributed by atoms with E-state index >= 15 is 0 Å². The maximum atomic E-state index is 6.67. The van der Waals surface area contributed by atoms with Crippen LogP contribution in [0.2, 0.25) is 0 Å². The fourth-order valence-corrected chi connectivity index (χ4v) is 4.82. The van der Waals surface area contributed by atoms with E-state index in [0.29, 0.717) is 39.3 Å². The molecule has 0 amide bonds. The van der Waals surface area contributed by atoms with Crippen molar-refractivity contribution in [1.29, 1.82) is 0 Å². The highest BCUT2D eigenvalue weighted by Gasteiger charge is 2.40. The molecule has 2 aliphatic heterocycles. The molecule has 2 heterocycles. The van der Waals surface area contributed by atoms with E-state index < -0.39 is 5.79 Å². The molecule has 1 fully saturated rings. The normalized spacial score (nSPS) is 28.5. The molecular weight excluding hydrogens is 492 g/mol. The van der Waals surface area contributed by atoms with E-state index in [2.05, 4.69) is 37.4 Å². The molecule has 4 rings (SSSR count). The average molecular weight is 535 g/mol. The molecule has 0 radical (unpaired) electrons. The minimum Gasteiger partial charge on any atom is -0.374 e. The molecule has 0 bridgehead atoms. The Bertz CT molecular complexity index is 1040. The standard InChI is InChI=1S/C33H42O6/c1-5-13-28-29(38-32-24-36-33(3,4)39-30(32)14-6-2)20-19-27(35-22-26-17-11-8-12-18-26)31(37-28)23-34-21-25-15-9-7-10-16-25/h5-12,15-20,27-32H,1-2,13-14,21-24H2,3-4H3/t27-,28-,29+,30+,31+,32+/m1/s1. The lowest BCUT2D eigenvalue weighted by molar-refractivity contribution is -0.315. The number of hydrogen-bond donors (Lipinski definition) is 0. The van der Waals surface area contributed by atoms with E-state index in [-0.39, 0.29) is 36.6 Å². The van der Waals surface area contributed by atoms with Gasteiger partial charge in [-0.2, -0.15) is 0 Å². The van der Waals surface area contributed by atoms with Crippen molar-refractivity contribution in [2.75, 3.05) is 13.2 Å². The van der Waals surface area contributed by atoms with E-state index in [1.165, 1.54) is 0 Å². The monoisotopic (exact) mass is 534 g/mol. The molecule has 6 atom stereocenters. The van der Waals surface area contributed by atoms with Crippen molar-refractivity contribution in [3.8, 4) is 0 Å². The molecule has 0 unspecified atom stereocenters. The minimum atomic E-state index is -0.665. The summed E-state index contributed by atoms with van der Waals surface area (Å²) in [4.78, 5) is 0. The first-order valence-corrected chi connectivity index (χ1v) is 13.8. The third-order valence-electron chi connectivity index (χ3n) is 6.83. The van der Waals surface area contributed by atoms with Crippen LogP contribution >= 0.6 is 0 Å². The maximum absolute atomic E-state index is 6.67. The average Bonchev–Trinajstić information content (AvgIpc) is 3.09. The summed E-state index contributed by atoms with van der Waals surface area (Å²) in [6.45, 7) is 13.5. The summed E-state index contributed by atoms with van der Waals surface area (Å²) in [7, 11) is 0. The van der Waals surface area contributed by atoms with E-state index in [1.54, 1.807) is 0 Å². The van der Waals surface area contributed by atoms with Crippen LogP contribution in [0.3, 0.4) is 0 Å². The van der Waals surface area contributed by atoms with E-state index in [1.807, 2.05) is 74.5 Å². The van der Waals surface area contributed by atoms with Crippen molar-refractivity contribution in [1.82, 2.24) is 0 Å². The van der Waals surface area contributed by atoms with Crippen molar-refractivity contribution in [2.24, 2.45) is 0 Å². The molecule has 2 aliphatic rings. The Morgan fingerprint density at radius 2 is 1.44 bits per heavy atom. The Kier molecular flexibility index (Phi) is 11.1. The summed E-state index contributed by atoms with van der Waals surface area (Å²) >= 11 is 0. The van der Waals surface area contributed by atoms with Gasteiger partial charge in [-0.3, -0.25) is 0 Å². The van der Waals surface area contributed by atoms with Gasteiger partial charge in [0.15, 0.2) is 5.79 Å². The van der Waals surface area contributed by atoms with Crippen LogP contribution in [0.5, 0.6) is 0 Å². The van der Waals surface area contributed by atoms with E-state index in [0.717, 1.165) is 11.1 Å². The van der Waals surface area contributed by atoms with Crippen LogP contribution in [-0.2, 0) is 41.6 Å². The number of ether oxygens (including phenoxy) is 6. The van der Waals surface area contributed by atoms with Crippen molar-refractivity contribution in [3.05, 3.63) is 109 Å². The Balaban J connectivity index is 1.49. The molecule has 39 heavy (non-hydrogen) atoms. The van der Waals surface area contributed by atoms with Crippen LogP contribution in [0.15, 0.2) is 98.1 Å². The number of rotatable bonds is 13. The molecule has 1 saturated heterocycles. The molecule has 0 N–H and O–H groups in total. The first kappa shape index (κ1) is 29.4. The van der Waals surface area contributed by atoms with Crippen LogP contribution in [0.25, 0.3) is 0 Å². The Hall–Kier alpha value is -2.58. The minimum absolute atomic E-state index is 0.164. The van der Waals surface area contributed by atoms with Crippen LogP contribution in [0.4, 0.5) is 0 Å². The third kappa shape index (κ3) is 8.97. The summed E-state index contributed by atoms with van der Waals surface area (Å²) in [5.74, 6) is -0.665. The lowest BCUT2D eigenvalue weighted by Crippen LogP contribution is -2.51. The second kappa shape index (κ2) is 14.7. The van der Waals surface area contributed by atoms with Gasteiger partial charge in [-0.05, 0) is 37.8 Å². The summed E-state index contributed by atoms with van der Waals surface area (Å²) in [5.41, 5.74) is 2.21. The molecule has 6 nitrogen and oxygen atoms in total. The number of hydrogen-bond acceptors (Lipinski definition) is 6. The molecule has 0 aromatic heterocycles. The molecule has 0 aliphatic carbocycles. The summed E-state index contributed by atoms with van der Waals surface area (Å²) < 4.78 is 37.9. The van der Waals surface area contributed by atoms with Crippen molar-refractivity contribution >= 4 is 0 Å². The zero-order chi connectivity index (χ0) is 27.5. The third-order valence-corrected chi connectivity index (χ3v) is 6.83. The van der Waals surface area contributed by atoms with Gasteiger partial charge < -0.3 is 28.4 Å². The van der Waals surface area contributed by atoms with Crippen LogP contribution < -0.4 is 0 Å². The quantitative estimate of drug-likeness (QED) is 0.287. The van der Waals surface area contributed by atoms with E-state index in [4.69, 9.17) is 28.4 Å². The van der Waals surface area contributed by atoms with Gasteiger partial charge >= 0.3 is 0 Å². The maximum Gasteiger partial charge on any atom is 0.163 e. The van der Waals surface area contributed by atoms with Gasteiger partial charge in [-0.25, -0.2) is 0 Å². The largest absolute Gasteiger partial charge is 0.374 e. The Morgan fingerprint density at radius 3 is 2.10 bits per heavy atom. The number of benzene rings is 2. The Labute approximate surface area is 233 Å². The summed E-state index contributed by atoms with van der Waals surface area (Å²) in [6.07, 6.45) is 7.41. The summed E-state index contributed by atoms with van der Waals surface area (Å²) in [5, 5.41) is 0. The van der Waals surface area contributed by atoms with Gasteiger partial charge in [0, 0.05) is 0 Å². The lowest BCUT2D eigenvalue weighted by Gasteiger charge is -2.42. The van der Waals surface area contributed by atoms with Crippen molar-refractivity contribution < 1.29 is 28.4 Å². The topological polar surface area (TPSA) is 55.4 Å². The van der Waals surface area contributed by atoms with E-state index in [9.17, 15) is 0 Å². The van der Waals surface area contributed by atoms with Crippen LogP contribution in [0, 0.1) is 0 Å². The molecule has 0 spiro atoms. The fourth-order valence-electron chi connectivity index (χ4n) is 4.82. The van der Waals surface area contributed by atoms with Gasteiger partial charge in [0.05, 0.1) is 38.6 Å². The molecule has 6 heteroatoms. The predicted molar refractivity (Wildman–Crippen MR) is 152 cm³/mol.